The van der Waals surface area contributed by atoms with E-state index >= 15 is 0 Å². The van der Waals surface area contributed by atoms with E-state index in [-0.39, 0.29) is 11.9 Å². The lowest BCUT2D eigenvalue weighted by Gasteiger charge is -2.21. The Hall–Kier alpha value is -2.60. The van der Waals surface area contributed by atoms with E-state index in [1.165, 1.54) is 4.88 Å². The van der Waals surface area contributed by atoms with E-state index in [0.29, 0.717) is 6.42 Å². The summed E-state index contributed by atoms with van der Waals surface area (Å²) in [4.78, 5) is 18.2. The Balaban J connectivity index is 1.82. The summed E-state index contributed by atoms with van der Waals surface area (Å²) in [7, 11) is 3.55. The van der Waals surface area contributed by atoms with Gasteiger partial charge in [0.25, 0.3) is 0 Å². The van der Waals surface area contributed by atoms with Gasteiger partial charge in [-0.05, 0) is 23.9 Å². The van der Waals surface area contributed by atoms with Crippen LogP contribution in [0, 0.1) is 0 Å². The van der Waals surface area contributed by atoms with Gasteiger partial charge in [-0.25, -0.2) is 4.98 Å². The summed E-state index contributed by atoms with van der Waals surface area (Å²) in [6, 6.07) is 11.4. The molecule has 1 unspecified atom stereocenters. The number of nitrogens with one attached hydrogen (secondary N) is 1. The highest BCUT2D eigenvalue weighted by Gasteiger charge is 2.23. The highest BCUT2D eigenvalue weighted by molar-refractivity contribution is 7.09. The molecule has 1 amide bonds. The molecule has 6 heteroatoms. The number of aryl methyl sites for hydroxylation is 2. The number of hydrogen-bond donors (Lipinski definition) is 1. The number of carbonyl (C=O) groups is 1. The van der Waals surface area contributed by atoms with Crippen molar-refractivity contribution < 1.29 is 9.53 Å². The van der Waals surface area contributed by atoms with Crippen LogP contribution in [0.1, 0.15) is 28.7 Å². The fourth-order valence-electron chi connectivity index (χ4n) is 2.77. The van der Waals surface area contributed by atoms with Crippen LogP contribution in [0.5, 0.6) is 5.75 Å². The Labute approximate surface area is 151 Å². The van der Waals surface area contributed by atoms with Crippen LogP contribution in [0.25, 0.3) is 0 Å². The van der Waals surface area contributed by atoms with Crippen LogP contribution in [0.2, 0.25) is 0 Å². The third-order valence-corrected chi connectivity index (χ3v) is 4.99. The van der Waals surface area contributed by atoms with Crippen molar-refractivity contribution in [2.45, 2.75) is 18.9 Å². The molecule has 2 heterocycles. The standard InChI is InChI=1S/C19H21N3O2S/c1-22-12-11-20-19(22)18(15-7-3-4-8-16(15)24-2)21-17(23)10-9-14-6-5-13-25-14/h3-8,11-13,18H,9-10H2,1-2H3,(H,21,23). The van der Waals surface area contributed by atoms with Gasteiger partial charge in [0.05, 0.1) is 7.11 Å². The van der Waals surface area contributed by atoms with E-state index in [0.717, 1.165) is 23.6 Å². The van der Waals surface area contributed by atoms with E-state index in [2.05, 4.69) is 16.4 Å². The summed E-state index contributed by atoms with van der Waals surface area (Å²) < 4.78 is 7.39. The SMILES string of the molecule is COc1ccccc1C(NC(=O)CCc1cccs1)c1nccn1C. The first kappa shape index (κ1) is 17.2. The average molecular weight is 355 g/mol. The van der Waals surface area contributed by atoms with Crippen molar-refractivity contribution in [3.8, 4) is 5.75 Å². The number of amides is 1. The second-order valence-electron chi connectivity index (χ2n) is 5.72. The molecule has 0 aliphatic heterocycles. The third-order valence-electron chi connectivity index (χ3n) is 4.05. The number of carbonyl (C=O) groups excluding carboxylic acids is 1. The van der Waals surface area contributed by atoms with E-state index in [1.54, 1.807) is 24.6 Å². The lowest BCUT2D eigenvalue weighted by molar-refractivity contribution is -0.121. The predicted molar refractivity (Wildman–Crippen MR) is 98.8 cm³/mol. The summed E-state index contributed by atoms with van der Waals surface area (Å²) in [5, 5.41) is 5.14. The Kier molecular flexibility index (Phi) is 5.50. The maximum atomic E-state index is 12.5. The second-order valence-corrected chi connectivity index (χ2v) is 6.75. The lowest BCUT2D eigenvalue weighted by Crippen LogP contribution is -2.31. The van der Waals surface area contributed by atoms with Crippen LogP contribution in [0.3, 0.4) is 0 Å². The first-order chi connectivity index (χ1) is 12.2. The minimum absolute atomic E-state index is 0.00712. The number of nitrogens with zero attached hydrogens (tertiary/aromatic N) is 2. The zero-order chi connectivity index (χ0) is 17.6. The number of aromatic nitrogens is 2. The van der Waals surface area contributed by atoms with E-state index in [1.807, 2.05) is 53.5 Å². The first-order valence-electron chi connectivity index (χ1n) is 8.11. The number of para-hydroxylation sites is 1. The van der Waals surface area contributed by atoms with Gasteiger partial charge in [0.15, 0.2) is 0 Å². The summed E-state index contributed by atoms with van der Waals surface area (Å²) in [5.41, 5.74) is 0.892. The number of ether oxygens (including phenoxy) is 1. The van der Waals surface area contributed by atoms with Gasteiger partial charge in [-0.15, -0.1) is 11.3 Å². The quantitative estimate of drug-likeness (QED) is 0.707. The molecule has 0 saturated heterocycles. The maximum absolute atomic E-state index is 12.5. The Morgan fingerprint density at radius 3 is 2.84 bits per heavy atom. The number of benzene rings is 1. The van der Waals surface area contributed by atoms with Gasteiger partial charge in [0.2, 0.25) is 5.91 Å². The van der Waals surface area contributed by atoms with E-state index < -0.39 is 0 Å². The van der Waals surface area contributed by atoms with Crippen LogP contribution >= 0.6 is 11.3 Å². The maximum Gasteiger partial charge on any atom is 0.221 e. The van der Waals surface area contributed by atoms with Crippen molar-refractivity contribution in [1.82, 2.24) is 14.9 Å². The molecule has 0 fully saturated rings. The van der Waals surface area contributed by atoms with Gasteiger partial charge in [-0.1, -0.05) is 24.3 Å². The van der Waals surface area contributed by atoms with Gasteiger partial charge in [-0.2, -0.15) is 0 Å². The highest BCUT2D eigenvalue weighted by Crippen LogP contribution is 2.29. The highest BCUT2D eigenvalue weighted by atomic mass is 32.1. The second kappa shape index (κ2) is 7.98. The van der Waals surface area contributed by atoms with Crippen molar-refractivity contribution in [1.29, 1.82) is 0 Å². The average Bonchev–Trinajstić information content (AvgIpc) is 3.29. The van der Waals surface area contributed by atoms with Crippen LogP contribution in [-0.2, 0) is 18.3 Å². The summed E-state index contributed by atoms with van der Waals surface area (Å²) in [6.45, 7) is 0. The van der Waals surface area contributed by atoms with Crippen molar-refractivity contribution in [2.24, 2.45) is 7.05 Å². The molecule has 0 aliphatic rings. The van der Waals surface area contributed by atoms with Gasteiger partial charge < -0.3 is 14.6 Å². The first-order valence-corrected chi connectivity index (χ1v) is 8.99. The van der Waals surface area contributed by atoms with Crippen molar-refractivity contribution in [3.05, 3.63) is 70.4 Å². The molecule has 2 aromatic heterocycles. The van der Waals surface area contributed by atoms with Gasteiger partial charge >= 0.3 is 0 Å². The fourth-order valence-corrected chi connectivity index (χ4v) is 3.48. The largest absolute Gasteiger partial charge is 0.496 e. The minimum atomic E-state index is -0.355. The van der Waals surface area contributed by atoms with Gasteiger partial charge in [0.1, 0.15) is 17.6 Å². The fraction of sp³-hybridized carbons (Fsp3) is 0.263. The Morgan fingerprint density at radius 1 is 1.32 bits per heavy atom. The normalized spacial score (nSPS) is 11.9. The van der Waals surface area contributed by atoms with Crippen LogP contribution < -0.4 is 10.1 Å². The summed E-state index contributed by atoms with van der Waals surface area (Å²) in [6.07, 6.45) is 4.78. The van der Waals surface area contributed by atoms with E-state index in [4.69, 9.17) is 4.74 Å². The topological polar surface area (TPSA) is 56.1 Å². The molecule has 1 atom stereocenters. The number of imidazole rings is 1. The lowest BCUT2D eigenvalue weighted by atomic mass is 10.0. The molecule has 1 N–H and O–H groups in total. The molecule has 1 aromatic carbocycles. The number of rotatable bonds is 7. The molecule has 0 spiro atoms. The van der Waals surface area contributed by atoms with Crippen LogP contribution in [-0.4, -0.2) is 22.6 Å². The Bertz CT molecular complexity index is 827. The van der Waals surface area contributed by atoms with Gasteiger partial charge in [-0.3, -0.25) is 4.79 Å². The molecule has 5 nitrogen and oxygen atoms in total. The summed E-state index contributed by atoms with van der Waals surface area (Å²) in [5.74, 6) is 1.50. The minimum Gasteiger partial charge on any atom is -0.496 e. The molecule has 0 bridgehead atoms. The molecule has 0 saturated carbocycles. The van der Waals surface area contributed by atoms with Crippen molar-refractivity contribution in [2.75, 3.05) is 7.11 Å². The molecule has 3 rings (SSSR count). The zero-order valence-electron chi connectivity index (χ0n) is 14.3. The zero-order valence-corrected chi connectivity index (χ0v) is 15.1. The summed E-state index contributed by atoms with van der Waals surface area (Å²) >= 11 is 1.67. The number of methoxy groups -OCH3 is 1. The molecule has 0 aliphatic carbocycles. The molecule has 0 radical (unpaired) electrons. The van der Waals surface area contributed by atoms with Crippen molar-refractivity contribution in [3.63, 3.8) is 0 Å². The molecule has 3 aromatic rings. The number of hydrogen-bond acceptors (Lipinski definition) is 4. The molecular weight excluding hydrogens is 334 g/mol. The monoisotopic (exact) mass is 355 g/mol. The molecule has 130 valence electrons. The third kappa shape index (κ3) is 4.09. The van der Waals surface area contributed by atoms with E-state index in [9.17, 15) is 4.79 Å². The van der Waals surface area contributed by atoms with Crippen LogP contribution in [0.15, 0.2) is 54.2 Å². The number of thiophene rings is 1. The molecular formula is C19H21N3O2S. The van der Waals surface area contributed by atoms with Gasteiger partial charge in [0, 0.05) is 36.3 Å². The smallest absolute Gasteiger partial charge is 0.221 e. The molecule has 25 heavy (non-hydrogen) atoms. The van der Waals surface area contributed by atoms with Crippen molar-refractivity contribution >= 4 is 17.2 Å². The van der Waals surface area contributed by atoms with Crippen LogP contribution in [0.4, 0.5) is 0 Å². The Morgan fingerprint density at radius 2 is 2.16 bits per heavy atom. The predicted octanol–water partition coefficient (Wildman–Crippen LogP) is 3.33.